The fourth-order valence-corrected chi connectivity index (χ4v) is 17.4. The quantitative estimate of drug-likeness (QED) is 0.0435. The van der Waals surface area contributed by atoms with Crippen molar-refractivity contribution in [2.75, 3.05) is 31.4 Å². The summed E-state index contributed by atoms with van der Waals surface area (Å²) < 4.78 is 241. The van der Waals surface area contributed by atoms with Crippen LogP contribution in [0, 0.1) is 70.9 Å². The smallest absolute Gasteiger partial charge is 0.267 e. The first-order valence-corrected chi connectivity index (χ1v) is 39.1. The summed E-state index contributed by atoms with van der Waals surface area (Å²) in [6.07, 6.45) is 5.22. The van der Waals surface area contributed by atoms with E-state index in [0.29, 0.717) is 58.7 Å². The van der Waals surface area contributed by atoms with Gasteiger partial charge in [-0.2, -0.15) is 5.10 Å². The van der Waals surface area contributed by atoms with Crippen molar-refractivity contribution >= 4 is 99.0 Å². The first kappa shape index (κ1) is 78.9. The van der Waals surface area contributed by atoms with Gasteiger partial charge in [0, 0.05) is 40.8 Å². The van der Waals surface area contributed by atoms with Gasteiger partial charge in [0.2, 0.25) is 17.8 Å². The number of rotatable bonds is 18. The van der Waals surface area contributed by atoms with Crippen molar-refractivity contribution in [2.45, 2.75) is 21.6 Å². The van der Waals surface area contributed by atoms with Crippen LogP contribution in [0.15, 0.2) is 215 Å². The zero-order valence-electron chi connectivity index (χ0n) is 57.2. The molecule has 15 rings (SSSR count). The van der Waals surface area contributed by atoms with Crippen LogP contribution in [0.5, 0.6) is 0 Å². The Hall–Kier alpha value is -13.2. The lowest BCUT2D eigenvalue weighted by molar-refractivity contribution is 0.519. The minimum atomic E-state index is -4.85. The highest BCUT2D eigenvalue weighted by atomic mass is 32.2. The molecule has 0 saturated heterocycles. The number of anilines is 6. The third kappa shape index (κ3) is 17.0. The minimum absolute atomic E-state index is 0.0209. The molecule has 114 heavy (non-hydrogen) atoms. The van der Waals surface area contributed by atoms with Crippen LogP contribution in [0.2, 0.25) is 0 Å². The predicted octanol–water partition coefficient (Wildman–Crippen LogP) is 16.0. The topological polar surface area (TPSA) is 371 Å². The Balaban J connectivity index is 0.000000149. The van der Waals surface area contributed by atoms with Crippen LogP contribution in [0.4, 0.5) is 83.2 Å². The molecule has 0 atom stereocenters. The molecular weight excluding hydrogens is 1630 g/mol. The Bertz CT molecular complexity index is 5900. The highest BCUT2D eigenvalue weighted by molar-refractivity contribution is 7.93. The zero-order valence-corrected chi connectivity index (χ0v) is 62.1. The first-order chi connectivity index (χ1) is 54.4. The second kappa shape index (κ2) is 32.6. The molecule has 0 radical (unpaired) electrons. The summed E-state index contributed by atoms with van der Waals surface area (Å²) in [6.45, 7) is 1.77. The van der Waals surface area contributed by atoms with E-state index in [9.17, 15) is 60.4 Å². The molecule has 15 aromatic rings. The number of nitrogens with zero attached hydrogens (tertiary/aromatic N) is 12. The third-order valence-corrected chi connectivity index (χ3v) is 23.3. The number of halogens is 11. The number of aryl methyl sites for hydroxylation is 1. The standard InChI is InChI=1S/C25H15F4N5O2S2.C24H14F4N6O2S2.C24H16F3N7O2S2/c26-14-9-7-13(8-10-14)24-33-21(22(37-24)19-11-12-31-25(30)32-19)15-3-1-6-18(20(15)29)34-38(35,36)23-16(27)4-2-5-17(23)28;25-12-7-8-18(31-11-12)23-33-20(21(37-23)17-9-10-30-24(29)32-17)13-3-1-6-16(19(13)28)34-38(35,36)22-14(26)4-2-5-15(22)27;1-12-8-9-18(33-32-12)23-31-20(21(37-23)17-10-11-29-24(28)30-17)13-4-2-7-16(19(13)27)34-38(35,36)22-14(25)5-3-6-15(22)26/h1-12,34H,(H2,30,31,32);1-11,34H,(H2,29,30,32);2-11,34H,1H3,(H2,28,29,30). The fourth-order valence-electron chi connectivity index (χ4n) is 10.7. The van der Waals surface area contributed by atoms with E-state index in [-0.39, 0.29) is 62.3 Å². The number of hydrogen-bond donors (Lipinski definition) is 6. The van der Waals surface area contributed by atoms with Crippen LogP contribution in [-0.2, 0) is 30.1 Å². The van der Waals surface area contributed by atoms with Crippen molar-refractivity contribution in [3.8, 4) is 97.5 Å². The summed E-state index contributed by atoms with van der Waals surface area (Å²) in [5.74, 6) is -12.3. The van der Waals surface area contributed by atoms with Crippen LogP contribution < -0.4 is 31.4 Å². The van der Waals surface area contributed by atoms with E-state index >= 15 is 13.2 Å². The predicted molar refractivity (Wildman–Crippen MR) is 405 cm³/mol. The number of aromatic nitrogens is 12. The van der Waals surface area contributed by atoms with Crippen LogP contribution in [0.3, 0.4) is 0 Å². The Kier molecular flexibility index (Phi) is 22.6. The van der Waals surface area contributed by atoms with Crippen molar-refractivity contribution < 1.29 is 73.5 Å². The second-order valence-electron chi connectivity index (χ2n) is 23.4. The molecule has 0 fully saturated rings. The van der Waals surface area contributed by atoms with Gasteiger partial charge in [-0.3, -0.25) is 19.2 Å². The first-order valence-electron chi connectivity index (χ1n) is 32.2. The van der Waals surface area contributed by atoms with E-state index in [4.69, 9.17) is 17.2 Å². The van der Waals surface area contributed by atoms with Crippen molar-refractivity contribution in [2.24, 2.45) is 0 Å². The van der Waals surface area contributed by atoms with E-state index in [1.54, 1.807) is 25.1 Å². The average molecular weight is 1670 g/mol. The molecule has 7 aromatic carbocycles. The van der Waals surface area contributed by atoms with Gasteiger partial charge in [-0.15, -0.1) is 39.1 Å². The number of pyridine rings is 1. The molecule has 0 aliphatic carbocycles. The summed E-state index contributed by atoms with van der Waals surface area (Å²) >= 11 is 3.32. The van der Waals surface area contributed by atoms with Gasteiger partial charge < -0.3 is 17.2 Å². The highest BCUT2D eigenvalue weighted by Crippen LogP contribution is 2.46. The Morgan fingerprint density at radius 1 is 0.325 bits per heavy atom. The largest absolute Gasteiger partial charge is 0.368 e. The molecule has 8 aromatic heterocycles. The van der Waals surface area contributed by atoms with E-state index in [0.717, 1.165) is 113 Å². The number of nitrogen functional groups attached to an aromatic ring is 3. The molecule has 8 heterocycles. The molecule has 0 saturated carbocycles. The van der Waals surface area contributed by atoms with Crippen molar-refractivity contribution in [3.63, 3.8) is 0 Å². The maximum absolute atomic E-state index is 15.8. The molecule has 576 valence electrons. The van der Waals surface area contributed by atoms with Gasteiger partial charge in [0.1, 0.15) is 67.3 Å². The third-order valence-electron chi connectivity index (χ3n) is 15.7. The van der Waals surface area contributed by atoms with Gasteiger partial charge in [-0.1, -0.05) is 36.4 Å². The van der Waals surface area contributed by atoms with E-state index < -0.39 is 126 Å². The minimum Gasteiger partial charge on any atom is -0.368 e. The van der Waals surface area contributed by atoms with Crippen molar-refractivity contribution in [1.29, 1.82) is 0 Å². The van der Waals surface area contributed by atoms with Crippen molar-refractivity contribution in [3.05, 3.63) is 270 Å². The van der Waals surface area contributed by atoms with Gasteiger partial charge in [0.15, 0.2) is 32.1 Å². The molecule has 24 nitrogen and oxygen atoms in total. The normalized spacial score (nSPS) is 11.5. The Morgan fingerprint density at radius 2 is 0.649 bits per heavy atom. The monoisotopic (exact) mass is 1670 g/mol. The number of thiazole rings is 3. The van der Waals surface area contributed by atoms with E-state index in [2.05, 4.69) is 60.0 Å². The Labute approximate surface area is 649 Å². The molecular formula is C73H45F11N18O6S6. The maximum atomic E-state index is 15.8. The summed E-state index contributed by atoms with van der Waals surface area (Å²) in [4.78, 5) is 39.1. The lowest BCUT2D eigenvalue weighted by atomic mass is 10.1. The van der Waals surface area contributed by atoms with Gasteiger partial charge in [0.05, 0.1) is 83.4 Å². The highest BCUT2D eigenvalue weighted by Gasteiger charge is 2.32. The second-order valence-corrected chi connectivity index (χ2v) is 31.2. The number of sulfonamides is 3. The lowest BCUT2D eigenvalue weighted by Gasteiger charge is -2.12. The average Bonchev–Trinajstić information content (AvgIpc) is 1.48. The van der Waals surface area contributed by atoms with Gasteiger partial charge in [-0.05, 0) is 146 Å². The number of nitrogens with two attached hydrogens (primary N) is 3. The molecule has 0 unspecified atom stereocenters. The van der Waals surface area contributed by atoms with Crippen LogP contribution >= 0.6 is 34.0 Å². The molecule has 0 aliphatic heterocycles. The molecule has 9 N–H and O–H groups in total. The molecule has 0 amide bonds. The van der Waals surface area contributed by atoms with Crippen molar-refractivity contribution in [1.82, 2.24) is 60.0 Å². The van der Waals surface area contributed by atoms with Gasteiger partial charge >= 0.3 is 0 Å². The number of hydrogen-bond acceptors (Lipinski definition) is 24. The van der Waals surface area contributed by atoms with Gasteiger partial charge in [-0.25, -0.2) is 118 Å². The van der Waals surface area contributed by atoms with Crippen LogP contribution in [0.25, 0.3) is 97.5 Å². The summed E-state index contributed by atoms with van der Waals surface area (Å²) in [5.41, 5.74) is 18.3. The summed E-state index contributed by atoms with van der Waals surface area (Å²) in [5, 5.41) is 9.22. The summed E-state index contributed by atoms with van der Waals surface area (Å²) in [7, 11) is -14.5. The molecule has 0 spiro atoms. The SMILES string of the molecule is Cc1ccc(-c2nc(-c3cccc(NS(=O)(=O)c4c(F)cccc4F)c3F)c(-c3ccnc(N)n3)s2)nn1.Nc1nccc(-c2sc(-c3ccc(F)cc3)nc2-c2cccc(NS(=O)(=O)c3c(F)cccc3F)c2F)n1.Nc1nccc(-c2sc(-c3ccc(F)cn3)nc2-c2cccc(NS(=O)(=O)c3c(F)cccc3F)c2F)n1. The maximum Gasteiger partial charge on any atom is 0.267 e. The van der Waals surface area contributed by atoms with E-state index in [1.807, 2.05) is 14.2 Å². The number of nitrogens with one attached hydrogen (secondary N) is 3. The summed E-state index contributed by atoms with van der Waals surface area (Å²) in [6, 6.07) is 35.2. The van der Waals surface area contributed by atoms with Crippen LogP contribution in [-0.4, -0.2) is 85.3 Å². The van der Waals surface area contributed by atoms with E-state index in [1.165, 1.54) is 104 Å². The van der Waals surface area contributed by atoms with Gasteiger partial charge in [0.25, 0.3) is 30.1 Å². The lowest BCUT2D eigenvalue weighted by Crippen LogP contribution is -2.17. The molecule has 0 bridgehead atoms. The molecule has 0 aliphatic rings. The number of benzene rings is 7. The fraction of sp³-hybridized carbons (Fsp3) is 0.0137. The van der Waals surface area contributed by atoms with Crippen LogP contribution in [0.1, 0.15) is 5.69 Å². The Morgan fingerprint density at radius 3 is 0.982 bits per heavy atom. The molecule has 41 heteroatoms. The zero-order chi connectivity index (χ0) is 81.1.